The summed E-state index contributed by atoms with van der Waals surface area (Å²) in [5.41, 5.74) is 1.88. The van der Waals surface area contributed by atoms with Crippen molar-refractivity contribution in [2.24, 2.45) is 5.41 Å². The second kappa shape index (κ2) is 5.77. The molecule has 22 heavy (non-hydrogen) atoms. The first-order chi connectivity index (χ1) is 10.7. The Kier molecular flexibility index (Phi) is 3.78. The van der Waals surface area contributed by atoms with Gasteiger partial charge in [-0.3, -0.25) is 4.79 Å². The number of anilines is 1. The van der Waals surface area contributed by atoms with Gasteiger partial charge in [0.15, 0.2) is 0 Å². The molecule has 3 aliphatic rings. The molecule has 1 aliphatic carbocycles. The fourth-order valence-electron chi connectivity index (χ4n) is 3.76. The number of nitrogens with zero attached hydrogens (tertiary/aromatic N) is 3. The van der Waals surface area contributed by atoms with E-state index in [4.69, 9.17) is 4.74 Å². The highest BCUT2D eigenvalue weighted by Gasteiger charge is 2.46. The summed E-state index contributed by atoms with van der Waals surface area (Å²) in [6.07, 6.45) is 6.30. The number of carbonyl (C=O) groups excluding carboxylic acids is 1. The van der Waals surface area contributed by atoms with Crippen LogP contribution in [0.2, 0.25) is 0 Å². The molecule has 1 spiro atoms. The van der Waals surface area contributed by atoms with Gasteiger partial charge in [0.25, 0.3) is 0 Å². The van der Waals surface area contributed by atoms with Gasteiger partial charge in [0.2, 0.25) is 11.0 Å². The molecule has 1 saturated carbocycles. The standard InChI is InChI=1S/C15H22N4O2S/c20-13(17-11-3-1-4-11)12-7-15(9-21-12)5-2-6-19(8-15)14-18-16-10-22-14/h10-12H,1-9H2,(H,17,20)/t12-,15-/m1/s1. The topological polar surface area (TPSA) is 67.4 Å². The van der Waals surface area contributed by atoms with Crippen molar-refractivity contribution >= 4 is 22.4 Å². The van der Waals surface area contributed by atoms with E-state index >= 15 is 0 Å². The molecule has 7 heteroatoms. The third-order valence-corrected chi connectivity index (χ3v) is 5.98. The minimum absolute atomic E-state index is 0.0922. The first-order valence-electron chi connectivity index (χ1n) is 8.17. The highest BCUT2D eigenvalue weighted by atomic mass is 32.1. The van der Waals surface area contributed by atoms with Gasteiger partial charge < -0.3 is 15.0 Å². The summed E-state index contributed by atoms with van der Waals surface area (Å²) >= 11 is 1.58. The van der Waals surface area contributed by atoms with Crippen LogP contribution in [0.15, 0.2) is 5.51 Å². The van der Waals surface area contributed by atoms with Crippen LogP contribution < -0.4 is 10.2 Å². The number of aromatic nitrogens is 2. The van der Waals surface area contributed by atoms with E-state index in [0.29, 0.717) is 12.6 Å². The van der Waals surface area contributed by atoms with Gasteiger partial charge in [-0.25, -0.2) is 0 Å². The second-order valence-corrected chi connectivity index (χ2v) is 7.70. The van der Waals surface area contributed by atoms with Crippen LogP contribution in [0.5, 0.6) is 0 Å². The molecule has 2 atom stereocenters. The Bertz CT molecular complexity index is 534. The van der Waals surface area contributed by atoms with Gasteiger partial charge in [-0.05, 0) is 38.5 Å². The van der Waals surface area contributed by atoms with Gasteiger partial charge in [0.1, 0.15) is 11.6 Å². The summed E-state index contributed by atoms with van der Waals surface area (Å²) in [5, 5.41) is 12.2. The fraction of sp³-hybridized carbons (Fsp3) is 0.800. The van der Waals surface area contributed by atoms with Gasteiger partial charge in [-0.1, -0.05) is 11.3 Å². The lowest BCUT2D eigenvalue weighted by Gasteiger charge is -2.39. The first kappa shape index (κ1) is 14.4. The normalized spacial score (nSPS) is 32.2. The Labute approximate surface area is 134 Å². The maximum atomic E-state index is 12.3. The summed E-state index contributed by atoms with van der Waals surface area (Å²) in [7, 11) is 0. The average Bonchev–Trinajstić information content (AvgIpc) is 3.13. The lowest BCUT2D eigenvalue weighted by atomic mass is 9.78. The van der Waals surface area contributed by atoms with E-state index in [2.05, 4.69) is 20.4 Å². The van der Waals surface area contributed by atoms with Crippen LogP contribution in [-0.2, 0) is 9.53 Å². The van der Waals surface area contributed by atoms with Crippen molar-refractivity contribution in [1.82, 2.24) is 15.5 Å². The molecule has 1 aromatic rings. The summed E-state index contributed by atoms with van der Waals surface area (Å²) in [6.45, 7) is 2.64. The molecule has 0 bridgehead atoms. The molecule has 4 rings (SSSR count). The van der Waals surface area contributed by atoms with Crippen LogP contribution in [0.1, 0.15) is 38.5 Å². The molecule has 1 amide bonds. The average molecular weight is 322 g/mol. The molecule has 6 nitrogen and oxygen atoms in total. The lowest BCUT2D eigenvalue weighted by Crippen LogP contribution is -2.46. The zero-order valence-electron chi connectivity index (χ0n) is 12.7. The van der Waals surface area contributed by atoms with Gasteiger partial charge in [-0.15, -0.1) is 10.2 Å². The monoisotopic (exact) mass is 322 g/mol. The van der Waals surface area contributed by atoms with Gasteiger partial charge in [0, 0.05) is 24.5 Å². The molecule has 0 unspecified atom stereocenters. The molecule has 0 radical (unpaired) electrons. The van der Waals surface area contributed by atoms with Crippen molar-refractivity contribution in [3.05, 3.63) is 5.51 Å². The predicted octanol–water partition coefficient (Wildman–Crippen LogP) is 1.58. The van der Waals surface area contributed by atoms with Crippen molar-refractivity contribution in [2.45, 2.75) is 50.7 Å². The van der Waals surface area contributed by atoms with E-state index in [1.54, 1.807) is 16.8 Å². The molecule has 0 aromatic carbocycles. The highest BCUT2D eigenvalue weighted by molar-refractivity contribution is 7.13. The second-order valence-electron chi connectivity index (χ2n) is 6.89. The Morgan fingerprint density at radius 2 is 2.36 bits per heavy atom. The highest BCUT2D eigenvalue weighted by Crippen LogP contribution is 2.42. The maximum absolute atomic E-state index is 12.3. The van der Waals surface area contributed by atoms with Crippen molar-refractivity contribution in [2.75, 3.05) is 24.6 Å². The molecule has 1 aromatic heterocycles. The number of ether oxygens (including phenoxy) is 1. The minimum Gasteiger partial charge on any atom is -0.368 e. The molecule has 1 N–H and O–H groups in total. The van der Waals surface area contributed by atoms with Gasteiger partial charge in [-0.2, -0.15) is 0 Å². The number of hydrogen-bond acceptors (Lipinski definition) is 6. The zero-order chi connectivity index (χ0) is 15.0. The number of amides is 1. The molecule has 120 valence electrons. The van der Waals surface area contributed by atoms with Crippen LogP contribution in [-0.4, -0.2) is 47.9 Å². The molecule has 2 saturated heterocycles. The molecule has 2 aliphatic heterocycles. The molecular formula is C15H22N4O2S. The quantitative estimate of drug-likeness (QED) is 0.915. The van der Waals surface area contributed by atoms with Crippen molar-refractivity contribution in [3.63, 3.8) is 0 Å². The molecule has 3 fully saturated rings. The molecular weight excluding hydrogens is 300 g/mol. The largest absolute Gasteiger partial charge is 0.368 e. The number of rotatable bonds is 3. The Balaban J connectivity index is 1.38. The summed E-state index contributed by atoms with van der Waals surface area (Å²) < 4.78 is 5.87. The van der Waals surface area contributed by atoms with Crippen molar-refractivity contribution < 1.29 is 9.53 Å². The van der Waals surface area contributed by atoms with Crippen LogP contribution >= 0.6 is 11.3 Å². The van der Waals surface area contributed by atoms with Crippen LogP contribution in [0.25, 0.3) is 0 Å². The third kappa shape index (κ3) is 2.72. The number of carbonyl (C=O) groups is 1. The van der Waals surface area contributed by atoms with E-state index in [1.807, 2.05) is 0 Å². The summed E-state index contributed by atoms with van der Waals surface area (Å²) in [6, 6.07) is 0.386. The Hall–Kier alpha value is -1.21. The van der Waals surface area contributed by atoms with E-state index in [-0.39, 0.29) is 17.4 Å². The number of nitrogens with one attached hydrogen (secondary N) is 1. The van der Waals surface area contributed by atoms with Crippen LogP contribution in [0.4, 0.5) is 5.13 Å². The molecule has 3 heterocycles. The first-order valence-corrected chi connectivity index (χ1v) is 9.05. The van der Waals surface area contributed by atoms with E-state index in [1.165, 1.54) is 6.42 Å². The SMILES string of the molecule is O=C(NC1CCC1)[C@H]1C[C@@]2(CCCN(c3nncs3)C2)CO1. The van der Waals surface area contributed by atoms with E-state index < -0.39 is 0 Å². The summed E-state index contributed by atoms with van der Waals surface area (Å²) in [4.78, 5) is 14.6. The Morgan fingerprint density at radius 3 is 3.09 bits per heavy atom. The van der Waals surface area contributed by atoms with Crippen molar-refractivity contribution in [3.8, 4) is 0 Å². The van der Waals surface area contributed by atoms with E-state index in [9.17, 15) is 4.79 Å². The summed E-state index contributed by atoms with van der Waals surface area (Å²) in [5.74, 6) is 0.0922. The predicted molar refractivity (Wildman–Crippen MR) is 83.9 cm³/mol. The number of hydrogen-bond donors (Lipinski definition) is 1. The van der Waals surface area contributed by atoms with Crippen LogP contribution in [0.3, 0.4) is 0 Å². The minimum atomic E-state index is -0.269. The zero-order valence-corrected chi connectivity index (χ0v) is 13.5. The number of piperidine rings is 1. The Morgan fingerprint density at radius 1 is 1.45 bits per heavy atom. The van der Waals surface area contributed by atoms with E-state index in [0.717, 1.165) is 50.3 Å². The third-order valence-electron chi connectivity index (χ3n) is 5.23. The van der Waals surface area contributed by atoms with Crippen LogP contribution in [0, 0.1) is 5.41 Å². The van der Waals surface area contributed by atoms with Crippen molar-refractivity contribution in [1.29, 1.82) is 0 Å². The lowest BCUT2D eigenvalue weighted by molar-refractivity contribution is -0.131. The fourth-order valence-corrected chi connectivity index (χ4v) is 4.35. The van der Waals surface area contributed by atoms with Gasteiger partial charge in [0.05, 0.1) is 6.61 Å². The maximum Gasteiger partial charge on any atom is 0.249 e. The smallest absolute Gasteiger partial charge is 0.249 e. The van der Waals surface area contributed by atoms with Gasteiger partial charge >= 0.3 is 0 Å².